The number of ketones is 1. The fourth-order valence-electron chi connectivity index (χ4n) is 4.31. The Bertz CT molecular complexity index is 788. The van der Waals surface area contributed by atoms with Gasteiger partial charge in [0.05, 0.1) is 0 Å². The minimum atomic E-state index is -4.39. The van der Waals surface area contributed by atoms with E-state index in [4.69, 9.17) is 0 Å². The summed E-state index contributed by atoms with van der Waals surface area (Å²) in [7, 11) is 0. The molecule has 0 radical (unpaired) electrons. The number of benzene rings is 2. The molecule has 0 aromatic heterocycles. The van der Waals surface area contributed by atoms with E-state index in [1.165, 1.54) is 67.5 Å². The molecule has 0 unspecified atom stereocenters. The molecule has 0 aliphatic heterocycles. The van der Waals surface area contributed by atoms with Gasteiger partial charge in [0.2, 0.25) is 0 Å². The first-order valence-corrected chi connectivity index (χ1v) is 19.1. The number of hydrogen-bond donors (Lipinski definition) is 0. The van der Waals surface area contributed by atoms with Crippen LogP contribution in [0, 0.1) is 0 Å². The van der Waals surface area contributed by atoms with E-state index in [0.29, 0.717) is 11.1 Å². The van der Waals surface area contributed by atoms with Gasteiger partial charge in [0.1, 0.15) is 0 Å². The van der Waals surface area contributed by atoms with E-state index in [2.05, 4.69) is 32.9 Å². The van der Waals surface area contributed by atoms with E-state index in [1.807, 2.05) is 12.1 Å². The van der Waals surface area contributed by atoms with E-state index in [-0.39, 0.29) is 5.78 Å². The maximum atomic E-state index is 12.8. The van der Waals surface area contributed by atoms with Crippen molar-refractivity contribution in [2.45, 2.75) is 78.8 Å². The Hall–Kier alpha value is -1.30. The summed E-state index contributed by atoms with van der Waals surface area (Å²) in [6.07, 6.45) is 3.06. The Morgan fingerprint density at radius 1 is 0.710 bits per heavy atom. The van der Waals surface area contributed by atoms with Gasteiger partial charge in [0, 0.05) is 0 Å². The second kappa shape index (κ2) is 12.1. The number of rotatable bonds is 12. The Kier molecular flexibility index (Phi) is 10.1. The van der Waals surface area contributed by atoms with Gasteiger partial charge in [-0.2, -0.15) is 0 Å². The van der Waals surface area contributed by atoms with Crippen LogP contribution in [-0.2, 0) is 6.18 Å². The van der Waals surface area contributed by atoms with Crippen molar-refractivity contribution >= 4 is 27.7 Å². The fraction of sp³-hybridized carbons (Fsp3) is 0.500. The Morgan fingerprint density at radius 3 is 1.45 bits per heavy atom. The first kappa shape index (κ1) is 26.0. The van der Waals surface area contributed by atoms with Crippen molar-refractivity contribution in [3.8, 4) is 0 Å². The van der Waals surface area contributed by atoms with Gasteiger partial charge in [-0.15, -0.1) is 0 Å². The maximum absolute atomic E-state index is 12.8. The van der Waals surface area contributed by atoms with Crippen LogP contribution in [0.15, 0.2) is 48.5 Å². The van der Waals surface area contributed by atoms with E-state index in [9.17, 15) is 18.0 Å². The van der Waals surface area contributed by atoms with Crippen molar-refractivity contribution in [1.29, 1.82) is 0 Å². The van der Waals surface area contributed by atoms with E-state index in [0.717, 1.165) is 12.1 Å². The zero-order valence-corrected chi connectivity index (χ0v) is 21.9. The van der Waals surface area contributed by atoms with Gasteiger partial charge in [-0.25, -0.2) is 0 Å². The summed E-state index contributed by atoms with van der Waals surface area (Å²) < 4.78 is 43.9. The number of carbonyl (C=O) groups is 1. The van der Waals surface area contributed by atoms with Crippen LogP contribution in [0.2, 0.25) is 13.3 Å². The number of alkyl halides is 3. The second-order valence-corrected chi connectivity index (χ2v) is 21.8. The summed E-state index contributed by atoms with van der Waals surface area (Å²) in [6.45, 7) is 6.76. The van der Waals surface area contributed by atoms with Gasteiger partial charge in [-0.1, -0.05) is 0 Å². The fourth-order valence-corrected chi connectivity index (χ4v) is 20.2. The van der Waals surface area contributed by atoms with E-state index < -0.39 is 30.1 Å². The van der Waals surface area contributed by atoms with Crippen molar-refractivity contribution < 1.29 is 18.0 Å². The monoisotopic (exact) mass is 540 g/mol. The first-order valence-electron chi connectivity index (χ1n) is 11.6. The molecule has 0 saturated heterocycles. The predicted molar refractivity (Wildman–Crippen MR) is 126 cm³/mol. The second-order valence-electron chi connectivity index (χ2n) is 8.57. The van der Waals surface area contributed by atoms with Gasteiger partial charge < -0.3 is 0 Å². The number of carbonyl (C=O) groups excluding carboxylic acids is 1. The SMILES string of the molecule is CCC[CH2][Sn]([CH2]CCC)([CH2]CCC)[c]1ccc(C(=O)c2ccc(C(F)(F)F)cc2)cc1. The summed E-state index contributed by atoms with van der Waals surface area (Å²) in [6, 6.07) is 12.6. The molecule has 5 heteroatoms. The molecule has 170 valence electrons. The Labute approximate surface area is 189 Å². The molecule has 2 rings (SSSR count). The Morgan fingerprint density at radius 2 is 1.10 bits per heavy atom. The van der Waals surface area contributed by atoms with Crippen LogP contribution < -0.4 is 3.58 Å². The molecule has 0 aliphatic rings. The van der Waals surface area contributed by atoms with Crippen LogP contribution in [0.25, 0.3) is 0 Å². The summed E-state index contributed by atoms with van der Waals surface area (Å²) in [4.78, 5) is 12.8. The predicted octanol–water partition coefficient (Wildman–Crippen LogP) is 7.99. The van der Waals surface area contributed by atoms with Crippen molar-refractivity contribution in [1.82, 2.24) is 0 Å². The number of hydrogen-bond acceptors (Lipinski definition) is 1. The van der Waals surface area contributed by atoms with Gasteiger partial charge in [0.25, 0.3) is 0 Å². The molecule has 0 amide bonds. The number of unbranched alkanes of at least 4 members (excludes halogenated alkanes) is 3. The summed E-state index contributed by atoms with van der Waals surface area (Å²) >= 11 is -2.54. The third kappa shape index (κ3) is 7.09. The van der Waals surface area contributed by atoms with Crippen LogP contribution in [0.5, 0.6) is 0 Å². The van der Waals surface area contributed by atoms with Crippen molar-refractivity contribution in [2.75, 3.05) is 0 Å². The van der Waals surface area contributed by atoms with Crippen molar-refractivity contribution in [2.24, 2.45) is 0 Å². The molecule has 1 nitrogen and oxygen atoms in total. The van der Waals surface area contributed by atoms with Crippen LogP contribution in [-0.4, -0.2) is 24.2 Å². The molecule has 0 atom stereocenters. The van der Waals surface area contributed by atoms with E-state index in [1.54, 1.807) is 0 Å². The first-order chi connectivity index (χ1) is 14.8. The zero-order chi connectivity index (χ0) is 22.9. The Balaban J connectivity index is 2.29. The quantitative estimate of drug-likeness (QED) is 0.198. The minimum absolute atomic E-state index is 0.225. The molecule has 0 spiro atoms. The molecular weight excluding hydrogens is 504 g/mol. The molecule has 2 aromatic carbocycles. The molecule has 0 N–H and O–H groups in total. The van der Waals surface area contributed by atoms with Crippen LogP contribution in [0.3, 0.4) is 0 Å². The van der Waals surface area contributed by atoms with Crippen LogP contribution in [0.1, 0.15) is 80.8 Å². The van der Waals surface area contributed by atoms with Gasteiger partial charge in [-0.05, 0) is 0 Å². The molecule has 2 aromatic rings. The van der Waals surface area contributed by atoms with Crippen LogP contribution in [0.4, 0.5) is 13.2 Å². The molecule has 0 saturated carbocycles. The standard InChI is InChI=1S/C14H8F3O.3C4H9.Sn/c15-14(16,17)12-8-6-11(7-9-12)13(18)10-4-2-1-3-5-10;3*1-3-4-2;/h2-9H;3*1,3-4H2,2H3;. The molecule has 0 fully saturated rings. The molecule has 0 bridgehead atoms. The molecule has 31 heavy (non-hydrogen) atoms. The normalized spacial score (nSPS) is 12.2. The summed E-state index contributed by atoms with van der Waals surface area (Å²) in [5.74, 6) is -0.225. The average Bonchev–Trinajstić information content (AvgIpc) is 2.78. The summed E-state index contributed by atoms with van der Waals surface area (Å²) in [5, 5.41) is 0. The average molecular weight is 539 g/mol. The molecule has 0 heterocycles. The zero-order valence-electron chi connectivity index (χ0n) is 19.0. The van der Waals surface area contributed by atoms with Gasteiger partial charge in [0.15, 0.2) is 0 Å². The van der Waals surface area contributed by atoms with Gasteiger partial charge >= 0.3 is 190 Å². The molecule has 0 aliphatic carbocycles. The molecular formula is C26H35F3OSn. The third-order valence-corrected chi connectivity index (χ3v) is 21.9. The topological polar surface area (TPSA) is 17.1 Å². The van der Waals surface area contributed by atoms with E-state index >= 15 is 0 Å². The number of halogens is 3. The van der Waals surface area contributed by atoms with Crippen molar-refractivity contribution in [3.63, 3.8) is 0 Å². The van der Waals surface area contributed by atoms with Gasteiger partial charge in [-0.3, -0.25) is 0 Å². The third-order valence-electron chi connectivity index (χ3n) is 6.26. The van der Waals surface area contributed by atoms with Crippen LogP contribution >= 0.6 is 0 Å². The van der Waals surface area contributed by atoms with Crippen molar-refractivity contribution in [3.05, 3.63) is 65.2 Å². The summed E-state index contributed by atoms with van der Waals surface area (Å²) in [5.41, 5.74) is 0.102.